The summed E-state index contributed by atoms with van der Waals surface area (Å²) >= 11 is 0. The number of likely N-dealkylation sites (tertiary alicyclic amines) is 1. The number of piperidine rings is 1. The molecule has 0 spiro atoms. The van der Waals surface area contributed by atoms with Gasteiger partial charge in [-0.3, -0.25) is 4.79 Å². The molecule has 202 valence electrons. The minimum Gasteiger partial charge on any atom is -0.474 e. The van der Waals surface area contributed by atoms with Gasteiger partial charge in [-0.25, -0.2) is 18.7 Å². The number of carbonyl (C=O) groups is 1. The number of carbonyl (C=O) groups excluding carboxylic acids is 1. The summed E-state index contributed by atoms with van der Waals surface area (Å²) in [6.45, 7) is 4.11. The molecule has 3 aromatic rings. The number of ether oxygens (including phenoxy) is 1. The number of pyridine rings is 2. The molecule has 1 amide bonds. The Balaban J connectivity index is 1.29. The SMILES string of the molecule is C[C@H](Oc1ccc(N)cn1)[C@H]1CN(C(=O)C2CCN(c3ccc(C#N)cn3)CC2)C[C@@H]1c1ccc(F)c(F)c1. The number of hydrogen-bond donors (Lipinski definition) is 1. The fourth-order valence-electron chi connectivity index (χ4n) is 5.57. The number of nitrogens with zero attached hydrogens (tertiary/aromatic N) is 5. The summed E-state index contributed by atoms with van der Waals surface area (Å²) in [5, 5.41) is 9.00. The summed E-state index contributed by atoms with van der Waals surface area (Å²) in [6.07, 6.45) is 4.08. The third-order valence-corrected chi connectivity index (χ3v) is 7.76. The first-order valence-corrected chi connectivity index (χ1v) is 13.1. The summed E-state index contributed by atoms with van der Waals surface area (Å²) in [6, 6.07) is 13.0. The molecule has 3 atom stereocenters. The van der Waals surface area contributed by atoms with Crippen LogP contribution >= 0.6 is 0 Å². The van der Waals surface area contributed by atoms with Gasteiger partial charge in [0.25, 0.3) is 0 Å². The molecule has 8 nitrogen and oxygen atoms in total. The summed E-state index contributed by atoms with van der Waals surface area (Å²) in [4.78, 5) is 26.2. The van der Waals surface area contributed by atoms with Crippen molar-refractivity contribution in [3.05, 3.63) is 77.6 Å². The lowest BCUT2D eigenvalue weighted by molar-refractivity contribution is -0.135. The molecule has 1 aromatic carbocycles. The van der Waals surface area contributed by atoms with Gasteiger partial charge in [0.05, 0.1) is 17.4 Å². The maximum Gasteiger partial charge on any atom is 0.225 e. The van der Waals surface area contributed by atoms with Crippen LogP contribution in [0.5, 0.6) is 5.88 Å². The zero-order chi connectivity index (χ0) is 27.5. The minimum atomic E-state index is -0.909. The van der Waals surface area contributed by atoms with Crippen LogP contribution in [0.15, 0.2) is 54.9 Å². The Labute approximate surface area is 226 Å². The molecular weight excluding hydrogens is 502 g/mol. The first-order chi connectivity index (χ1) is 18.8. The van der Waals surface area contributed by atoms with Crippen LogP contribution in [0.3, 0.4) is 0 Å². The lowest BCUT2D eigenvalue weighted by Gasteiger charge is -2.34. The lowest BCUT2D eigenvalue weighted by Crippen LogP contribution is -2.42. The first-order valence-electron chi connectivity index (χ1n) is 13.1. The number of nitriles is 1. The van der Waals surface area contributed by atoms with Crippen LogP contribution in [0.25, 0.3) is 0 Å². The maximum absolute atomic E-state index is 14.2. The molecule has 2 saturated heterocycles. The van der Waals surface area contributed by atoms with Gasteiger partial charge in [-0.05, 0) is 55.7 Å². The van der Waals surface area contributed by atoms with Crippen molar-refractivity contribution in [3.8, 4) is 11.9 Å². The first kappa shape index (κ1) is 26.4. The van der Waals surface area contributed by atoms with Gasteiger partial charge in [0.2, 0.25) is 11.8 Å². The van der Waals surface area contributed by atoms with E-state index >= 15 is 0 Å². The molecule has 2 aliphatic rings. The zero-order valence-corrected chi connectivity index (χ0v) is 21.6. The number of amides is 1. The van der Waals surface area contributed by atoms with Gasteiger partial charge in [0.15, 0.2) is 11.6 Å². The van der Waals surface area contributed by atoms with Crippen molar-refractivity contribution >= 4 is 17.4 Å². The van der Waals surface area contributed by atoms with Crippen LogP contribution in [-0.2, 0) is 4.79 Å². The molecule has 0 aliphatic carbocycles. The van der Waals surface area contributed by atoms with Crippen LogP contribution in [0.1, 0.15) is 36.8 Å². The monoisotopic (exact) mass is 532 g/mol. The van der Waals surface area contributed by atoms with Crippen molar-refractivity contribution in [2.24, 2.45) is 11.8 Å². The van der Waals surface area contributed by atoms with Crippen molar-refractivity contribution in [2.75, 3.05) is 36.8 Å². The van der Waals surface area contributed by atoms with Crippen LogP contribution in [0.2, 0.25) is 0 Å². The highest BCUT2D eigenvalue weighted by Gasteiger charge is 2.42. The largest absolute Gasteiger partial charge is 0.474 e. The predicted molar refractivity (Wildman–Crippen MR) is 142 cm³/mol. The van der Waals surface area contributed by atoms with Gasteiger partial charge in [-0.2, -0.15) is 5.26 Å². The topological polar surface area (TPSA) is 108 Å². The molecule has 0 saturated carbocycles. The summed E-state index contributed by atoms with van der Waals surface area (Å²) in [7, 11) is 0. The van der Waals surface area contributed by atoms with E-state index in [4.69, 9.17) is 15.7 Å². The Morgan fingerprint density at radius 2 is 1.87 bits per heavy atom. The van der Waals surface area contributed by atoms with E-state index in [0.29, 0.717) is 61.7 Å². The predicted octanol–water partition coefficient (Wildman–Crippen LogP) is 4.13. The summed E-state index contributed by atoms with van der Waals surface area (Å²) in [5.74, 6) is -1.06. The van der Waals surface area contributed by atoms with Crippen LogP contribution in [-0.4, -0.2) is 53.1 Å². The normalized spacial score (nSPS) is 20.5. The average Bonchev–Trinajstić information content (AvgIpc) is 3.41. The second-order valence-corrected chi connectivity index (χ2v) is 10.2. The fraction of sp³-hybridized carbons (Fsp3) is 0.379. The standard InChI is InChI=1S/C29H30F2N6O2/c1-18(39-28-7-4-22(33)15-35-28)23-16-37(17-24(23)21-3-5-25(30)26(31)12-21)29(38)20-8-10-36(11-9-20)27-6-2-19(13-32)14-34-27/h2-7,12,14-15,18,20,23-24H,8-11,16-17,33H2,1H3/t18-,23+,24+/m0/s1. The Bertz CT molecular complexity index is 1350. The number of hydrogen-bond acceptors (Lipinski definition) is 7. The second kappa shape index (κ2) is 11.2. The molecule has 0 bridgehead atoms. The number of anilines is 2. The third kappa shape index (κ3) is 5.77. The quantitative estimate of drug-likeness (QED) is 0.508. The van der Waals surface area contributed by atoms with E-state index in [-0.39, 0.29) is 29.8 Å². The minimum absolute atomic E-state index is 0.0651. The van der Waals surface area contributed by atoms with Crippen LogP contribution in [0.4, 0.5) is 20.3 Å². The van der Waals surface area contributed by atoms with Crippen LogP contribution in [0, 0.1) is 34.8 Å². The van der Waals surface area contributed by atoms with E-state index in [0.717, 1.165) is 11.9 Å². The van der Waals surface area contributed by atoms with Gasteiger partial charge in [-0.1, -0.05) is 6.07 Å². The van der Waals surface area contributed by atoms with E-state index in [9.17, 15) is 13.6 Å². The zero-order valence-electron chi connectivity index (χ0n) is 21.6. The van der Waals surface area contributed by atoms with Gasteiger partial charge < -0.3 is 20.3 Å². The molecule has 2 N–H and O–H groups in total. The number of halogens is 2. The van der Waals surface area contributed by atoms with Crippen molar-refractivity contribution in [1.29, 1.82) is 5.26 Å². The Morgan fingerprint density at radius 3 is 2.51 bits per heavy atom. The molecule has 39 heavy (non-hydrogen) atoms. The van der Waals surface area contributed by atoms with Crippen molar-refractivity contribution in [1.82, 2.24) is 14.9 Å². The van der Waals surface area contributed by atoms with Gasteiger partial charge in [0, 0.05) is 56.2 Å². The summed E-state index contributed by atoms with van der Waals surface area (Å²) < 4.78 is 34.0. The van der Waals surface area contributed by atoms with Crippen molar-refractivity contribution in [3.63, 3.8) is 0 Å². The molecule has 0 unspecified atom stereocenters. The lowest BCUT2D eigenvalue weighted by atomic mass is 9.85. The molecule has 2 aliphatic heterocycles. The number of rotatable bonds is 6. The van der Waals surface area contributed by atoms with E-state index in [1.54, 1.807) is 30.5 Å². The number of benzene rings is 1. The van der Waals surface area contributed by atoms with E-state index in [1.807, 2.05) is 17.9 Å². The highest BCUT2D eigenvalue weighted by Crippen LogP contribution is 2.38. The number of aromatic nitrogens is 2. The van der Waals surface area contributed by atoms with Crippen molar-refractivity contribution < 1.29 is 18.3 Å². The second-order valence-electron chi connectivity index (χ2n) is 10.2. The van der Waals surface area contributed by atoms with Gasteiger partial charge in [-0.15, -0.1) is 0 Å². The highest BCUT2D eigenvalue weighted by atomic mass is 19.2. The number of nitrogen functional groups attached to an aromatic ring is 1. The van der Waals surface area contributed by atoms with E-state index < -0.39 is 11.6 Å². The molecule has 2 fully saturated rings. The Hall–Kier alpha value is -4.26. The Kier molecular flexibility index (Phi) is 7.59. The number of nitrogens with two attached hydrogens (primary N) is 1. The van der Waals surface area contributed by atoms with Gasteiger partial charge >= 0.3 is 0 Å². The molecule has 0 radical (unpaired) electrons. The van der Waals surface area contributed by atoms with E-state index in [2.05, 4.69) is 20.9 Å². The molecule has 4 heterocycles. The molecule has 2 aromatic heterocycles. The highest BCUT2D eigenvalue weighted by molar-refractivity contribution is 5.79. The maximum atomic E-state index is 14.2. The van der Waals surface area contributed by atoms with Gasteiger partial charge in [0.1, 0.15) is 18.0 Å². The Morgan fingerprint density at radius 1 is 1.08 bits per heavy atom. The smallest absolute Gasteiger partial charge is 0.225 e. The molecule has 5 rings (SSSR count). The molecular formula is C29H30F2N6O2. The van der Waals surface area contributed by atoms with E-state index in [1.165, 1.54) is 12.3 Å². The average molecular weight is 533 g/mol. The summed E-state index contributed by atoms with van der Waals surface area (Å²) in [5.41, 5.74) is 7.40. The fourth-order valence-corrected chi connectivity index (χ4v) is 5.57. The molecule has 10 heteroatoms. The third-order valence-electron chi connectivity index (χ3n) is 7.76. The van der Waals surface area contributed by atoms with Crippen LogP contribution < -0.4 is 15.4 Å². The van der Waals surface area contributed by atoms with Crippen molar-refractivity contribution in [2.45, 2.75) is 31.8 Å².